The molecule has 0 radical (unpaired) electrons. The minimum Gasteiger partial charge on any atom is -0.348 e. The summed E-state index contributed by atoms with van der Waals surface area (Å²) in [6.45, 7) is 0.413. The fraction of sp³-hybridized carbons (Fsp3) is 0.818. The molecule has 4 nitrogen and oxygen atoms in total. The highest BCUT2D eigenvalue weighted by Crippen LogP contribution is 2.28. The molecule has 84 valence electrons. The van der Waals surface area contributed by atoms with Crippen molar-refractivity contribution in [2.75, 3.05) is 27.7 Å². The van der Waals surface area contributed by atoms with Gasteiger partial charge in [0.2, 0.25) is 5.91 Å². The fourth-order valence-corrected chi connectivity index (χ4v) is 2.09. The monoisotopic (exact) mass is 209 g/mol. The molecule has 15 heavy (non-hydrogen) atoms. The molecule has 4 heteroatoms. The lowest BCUT2D eigenvalue weighted by molar-refractivity contribution is -0.130. The van der Waals surface area contributed by atoms with Crippen LogP contribution in [0.25, 0.3) is 0 Å². The Morgan fingerprint density at radius 3 is 2.60 bits per heavy atom. The average molecular weight is 209 g/mol. The van der Waals surface area contributed by atoms with Crippen LogP contribution in [0.5, 0.6) is 0 Å². The molecule has 1 fully saturated rings. The van der Waals surface area contributed by atoms with E-state index in [1.807, 2.05) is 11.9 Å². The van der Waals surface area contributed by atoms with E-state index in [4.69, 9.17) is 5.26 Å². The van der Waals surface area contributed by atoms with Gasteiger partial charge in [0.25, 0.3) is 0 Å². The van der Waals surface area contributed by atoms with Crippen molar-refractivity contribution >= 4 is 5.91 Å². The van der Waals surface area contributed by atoms with Crippen molar-refractivity contribution in [3.8, 4) is 6.07 Å². The highest BCUT2D eigenvalue weighted by Gasteiger charge is 2.31. The molecule has 1 rings (SSSR count). The smallest absolute Gasteiger partial charge is 0.236 e. The van der Waals surface area contributed by atoms with Crippen LogP contribution in [0.15, 0.2) is 0 Å². The lowest BCUT2D eigenvalue weighted by Gasteiger charge is -2.26. The molecule has 0 saturated heterocycles. The van der Waals surface area contributed by atoms with Gasteiger partial charge in [-0.1, -0.05) is 6.42 Å². The number of rotatable bonds is 3. The molecular weight excluding hydrogens is 190 g/mol. The number of amides is 1. The molecule has 2 atom stereocenters. The summed E-state index contributed by atoms with van der Waals surface area (Å²) < 4.78 is 0. The van der Waals surface area contributed by atoms with Gasteiger partial charge in [-0.3, -0.25) is 9.69 Å². The molecule has 2 unspecified atom stereocenters. The van der Waals surface area contributed by atoms with E-state index in [1.165, 1.54) is 0 Å². The summed E-state index contributed by atoms with van der Waals surface area (Å²) in [7, 11) is 5.45. The van der Waals surface area contributed by atoms with Gasteiger partial charge in [0.15, 0.2) is 0 Å². The maximum absolute atomic E-state index is 11.5. The van der Waals surface area contributed by atoms with Crippen molar-refractivity contribution in [1.82, 2.24) is 9.80 Å². The summed E-state index contributed by atoms with van der Waals surface area (Å²) in [6, 6.07) is 2.59. The van der Waals surface area contributed by atoms with Crippen molar-refractivity contribution in [2.24, 2.45) is 5.92 Å². The van der Waals surface area contributed by atoms with Crippen LogP contribution in [0, 0.1) is 17.2 Å². The first kappa shape index (κ1) is 12.0. The van der Waals surface area contributed by atoms with E-state index in [9.17, 15) is 4.79 Å². The van der Waals surface area contributed by atoms with Crippen LogP contribution in [0.1, 0.15) is 19.3 Å². The van der Waals surface area contributed by atoms with Crippen molar-refractivity contribution in [2.45, 2.75) is 25.3 Å². The maximum Gasteiger partial charge on any atom is 0.236 e. The zero-order valence-electron chi connectivity index (χ0n) is 9.73. The lowest BCUT2D eigenvalue weighted by Crippen LogP contribution is -2.41. The van der Waals surface area contributed by atoms with Gasteiger partial charge in [0, 0.05) is 20.1 Å². The Bertz CT molecular complexity index is 269. The molecule has 0 N–H and O–H groups in total. The average Bonchev–Trinajstić information content (AvgIpc) is 2.64. The topological polar surface area (TPSA) is 47.3 Å². The molecule has 0 aromatic carbocycles. The van der Waals surface area contributed by atoms with Gasteiger partial charge in [0.1, 0.15) is 0 Å². The molecule has 0 bridgehead atoms. The van der Waals surface area contributed by atoms with Gasteiger partial charge in [-0.2, -0.15) is 5.26 Å². The molecule has 0 aromatic heterocycles. The van der Waals surface area contributed by atoms with Gasteiger partial charge in [-0.15, -0.1) is 0 Å². The standard InChI is InChI=1S/C11H19N3O/c1-13(2)11(15)8-14(3)10-6-4-5-9(10)7-12/h9-10H,4-6,8H2,1-3H3. The number of nitrogens with zero attached hydrogens (tertiary/aromatic N) is 3. The molecule has 1 saturated carbocycles. The van der Waals surface area contributed by atoms with Crippen molar-refractivity contribution in [1.29, 1.82) is 5.26 Å². The molecule has 0 heterocycles. The van der Waals surface area contributed by atoms with Gasteiger partial charge < -0.3 is 4.90 Å². The van der Waals surface area contributed by atoms with E-state index >= 15 is 0 Å². The Kier molecular flexibility index (Phi) is 4.10. The molecule has 1 aliphatic carbocycles. The molecular formula is C11H19N3O. The van der Waals surface area contributed by atoms with Crippen LogP contribution in [-0.2, 0) is 4.79 Å². The number of likely N-dealkylation sites (N-methyl/N-ethyl adjacent to an activating group) is 2. The molecule has 1 aliphatic rings. The minimum absolute atomic E-state index is 0.0982. The van der Waals surface area contributed by atoms with E-state index in [0.717, 1.165) is 19.3 Å². The van der Waals surface area contributed by atoms with Crippen molar-refractivity contribution in [3.05, 3.63) is 0 Å². The SMILES string of the molecule is CN(C)C(=O)CN(C)C1CCCC1C#N. The van der Waals surface area contributed by atoms with Gasteiger partial charge in [0.05, 0.1) is 18.5 Å². The zero-order chi connectivity index (χ0) is 11.4. The maximum atomic E-state index is 11.5. The first-order chi connectivity index (χ1) is 7.06. The first-order valence-corrected chi connectivity index (χ1v) is 5.36. The third-order valence-electron chi connectivity index (χ3n) is 3.09. The second-order valence-electron chi connectivity index (χ2n) is 4.44. The normalized spacial score (nSPS) is 25.3. The van der Waals surface area contributed by atoms with Gasteiger partial charge >= 0.3 is 0 Å². The second kappa shape index (κ2) is 5.13. The van der Waals surface area contributed by atoms with Crippen molar-refractivity contribution in [3.63, 3.8) is 0 Å². The Hall–Kier alpha value is -1.08. The highest BCUT2D eigenvalue weighted by molar-refractivity contribution is 5.77. The highest BCUT2D eigenvalue weighted by atomic mass is 16.2. The van der Waals surface area contributed by atoms with Crippen LogP contribution in [-0.4, -0.2) is 49.4 Å². The third kappa shape index (κ3) is 2.93. The van der Waals surface area contributed by atoms with Gasteiger partial charge in [-0.05, 0) is 19.9 Å². The quantitative estimate of drug-likeness (QED) is 0.687. The molecule has 0 aliphatic heterocycles. The van der Waals surface area contributed by atoms with E-state index < -0.39 is 0 Å². The number of nitriles is 1. The van der Waals surface area contributed by atoms with Crippen LogP contribution in [0.3, 0.4) is 0 Å². The summed E-state index contributed by atoms with van der Waals surface area (Å²) in [5.41, 5.74) is 0. The predicted octanol–water partition coefficient (Wildman–Crippen LogP) is 0.699. The lowest BCUT2D eigenvalue weighted by atomic mass is 10.0. The number of hydrogen-bond acceptors (Lipinski definition) is 3. The Labute approximate surface area is 91.5 Å². The van der Waals surface area contributed by atoms with Crippen LogP contribution < -0.4 is 0 Å². The third-order valence-corrected chi connectivity index (χ3v) is 3.09. The first-order valence-electron chi connectivity index (χ1n) is 5.36. The summed E-state index contributed by atoms with van der Waals surface area (Å²) in [5, 5.41) is 8.96. The summed E-state index contributed by atoms with van der Waals surface area (Å²) in [5.74, 6) is 0.200. The summed E-state index contributed by atoms with van der Waals surface area (Å²) in [6.07, 6.45) is 3.11. The molecule has 0 spiro atoms. The van der Waals surface area contributed by atoms with Gasteiger partial charge in [-0.25, -0.2) is 0 Å². The number of carbonyl (C=O) groups is 1. The zero-order valence-corrected chi connectivity index (χ0v) is 9.73. The second-order valence-corrected chi connectivity index (χ2v) is 4.44. The van der Waals surface area contributed by atoms with Crippen LogP contribution in [0.2, 0.25) is 0 Å². The Balaban J connectivity index is 2.50. The van der Waals surface area contributed by atoms with E-state index in [-0.39, 0.29) is 17.9 Å². The number of hydrogen-bond donors (Lipinski definition) is 0. The van der Waals surface area contributed by atoms with Crippen molar-refractivity contribution < 1.29 is 4.79 Å². The predicted molar refractivity (Wildman–Crippen MR) is 58.1 cm³/mol. The van der Waals surface area contributed by atoms with E-state index in [0.29, 0.717) is 6.54 Å². The van der Waals surface area contributed by atoms with Crippen LogP contribution >= 0.6 is 0 Å². The van der Waals surface area contributed by atoms with Crippen LogP contribution in [0.4, 0.5) is 0 Å². The van der Waals surface area contributed by atoms with E-state index in [2.05, 4.69) is 6.07 Å². The fourth-order valence-electron chi connectivity index (χ4n) is 2.09. The minimum atomic E-state index is 0.0982. The molecule has 1 amide bonds. The largest absolute Gasteiger partial charge is 0.348 e. The van der Waals surface area contributed by atoms with E-state index in [1.54, 1.807) is 19.0 Å². The Morgan fingerprint density at radius 2 is 2.07 bits per heavy atom. The summed E-state index contributed by atoms with van der Waals surface area (Å²) >= 11 is 0. The molecule has 0 aromatic rings. The Morgan fingerprint density at radius 1 is 1.40 bits per heavy atom. The summed E-state index contributed by atoms with van der Waals surface area (Å²) in [4.78, 5) is 15.1. The number of carbonyl (C=O) groups excluding carboxylic acids is 1.